The molecule has 5 nitrogen and oxygen atoms in total. The van der Waals surface area contributed by atoms with Crippen molar-refractivity contribution in [3.63, 3.8) is 0 Å². The normalized spacial score (nSPS) is 11.5. The number of hydrogen-bond donors (Lipinski definition) is 0. The molecule has 0 saturated carbocycles. The average molecular weight is 293 g/mol. The summed E-state index contributed by atoms with van der Waals surface area (Å²) in [6, 6.07) is 8.54. The summed E-state index contributed by atoms with van der Waals surface area (Å²) in [6.07, 6.45) is 4.98. The lowest BCUT2D eigenvalue weighted by atomic mass is 10.1. The zero-order chi connectivity index (χ0) is 15.7. The number of hydrogen-bond acceptors (Lipinski definition) is 3. The van der Waals surface area contributed by atoms with Crippen LogP contribution >= 0.6 is 0 Å². The third-order valence-electron chi connectivity index (χ3n) is 4.02. The summed E-state index contributed by atoms with van der Waals surface area (Å²) in [7, 11) is 0. The molecule has 3 aromatic rings. The zero-order valence-electron chi connectivity index (χ0n) is 13.3. The van der Waals surface area contributed by atoms with E-state index in [1.807, 2.05) is 6.21 Å². The van der Waals surface area contributed by atoms with E-state index in [0.717, 1.165) is 5.56 Å². The van der Waals surface area contributed by atoms with Crippen LogP contribution in [0.4, 0.5) is 0 Å². The number of aromatic nitrogens is 4. The van der Waals surface area contributed by atoms with E-state index in [4.69, 9.17) is 0 Å². The van der Waals surface area contributed by atoms with Crippen LogP contribution in [0.1, 0.15) is 28.1 Å². The number of rotatable bonds is 3. The molecule has 0 atom stereocenters. The summed E-state index contributed by atoms with van der Waals surface area (Å²) in [5.74, 6) is 0. The van der Waals surface area contributed by atoms with Crippen molar-refractivity contribution < 1.29 is 0 Å². The van der Waals surface area contributed by atoms with Gasteiger partial charge in [0.15, 0.2) is 0 Å². The Labute approximate surface area is 129 Å². The van der Waals surface area contributed by atoms with E-state index in [9.17, 15) is 0 Å². The van der Waals surface area contributed by atoms with Gasteiger partial charge in [-0.15, -0.1) is 10.2 Å². The average Bonchev–Trinajstić information content (AvgIpc) is 3.09. The van der Waals surface area contributed by atoms with Crippen molar-refractivity contribution in [3.05, 3.63) is 65.0 Å². The third kappa shape index (κ3) is 2.45. The lowest BCUT2D eigenvalue weighted by molar-refractivity contribution is 0.877. The summed E-state index contributed by atoms with van der Waals surface area (Å²) in [5.41, 5.74) is 7.27. The van der Waals surface area contributed by atoms with Gasteiger partial charge in [0, 0.05) is 22.6 Å². The van der Waals surface area contributed by atoms with Gasteiger partial charge in [0.2, 0.25) is 0 Å². The Morgan fingerprint density at radius 1 is 1.05 bits per heavy atom. The van der Waals surface area contributed by atoms with Gasteiger partial charge >= 0.3 is 0 Å². The smallest absolute Gasteiger partial charge is 0.141 e. The van der Waals surface area contributed by atoms with Crippen molar-refractivity contribution >= 4 is 6.21 Å². The fourth-order valence-electron chi connectivity index (χ4n) is 2.65. The predicted octanol–water partition coefficient (Wildman–Crippen LogP) is 3.18. The maximum absolute atomic E-state index is 4.34. The number of aryl methyl sites for hydroxylation is 2. The highest BCUT2D eigenvalue weighted by Crippen LogP contribution is 2.24. The highest BCUT2D eigenvalue weighted by molar-refractivity contribution is 5.82. The van der Waals surface area contributed by atoms with Gasteiger partial charge in [0.1, 0.15) is 12.7 Å². The minimum Gasteiger partial charge on any atom is -0.318 e. The van der Waals surface area contributed by atoms with Gasteiger partial charge in [0.25, 0.3) is 0 Å². The molecule has 112 valence electrons. The Balaban J connectivity index is 2.05. The highest BCUT2D eigenvalue weighted by atomic mass is 15.4. The third-order valence-corrected chi connectivity index (χ3v) is 4.02. The topological polar surface area (TPSA) is 48.0 Å². The molecule has 1 aromatic carbocycles. The zero-order valence-corrected chi connectivity index (χ0v) is 13.3. The summed E-state index contributed by atoms with van der Waals surface area (Å²) < 4.78 is 3.86. The second kappa shape index (κ2) is 5.60. The number of benzene rings is 1. The molecule has 2 heterocycles. The summed E-state index contributed by atoms with van der Waals surface area (Å²) >= 11 is 0. The number of nitrogens with zero attached hydrogens (tertiary/aromatic N) is 5. The quantitative estimate of drug-likeness (QED) is 0.696. The summed E-state index contributed by atoms with van der Waals surface area (Å²) in [5, 5.41) is 11.8. The Morgan fingerprint density at radius 3 is 2.50 bits per heavy atom. The van der Waals surface area contributed by atoms with E-state index >= 15 is 0 Å². The molecule has 0 spiro atoms. The van der Waals surface area contributed by atoms with E-state index < -0.39 is 0 Å². The van der Waals surface area contributed by atoms with Gasteiger partial charge in [-0.1, -0.05) is 12.1 Å². The van der Waals surface area contributed by atoms with Crippen molar-refractivity contribution in [2.24, 2.45) is 5.10 Å². The lowest BCUT2D eigenvalue weighted by Gasteiger charge is -2.14. The van der Waals surface area contributed by atoms with Crippen LogP contribution in [0.5, 0.6) is 0 Å². The van der Waals surface area contributed by atoms with Gasteiger partial charge in [-0.05, 0) is 51.0 Å². The minimum absolute atomic E-state index is 1.09. The molecular formula is C17H19N5. The van der Waals surface area contributed by atoms with Gasteiger partial charge < -0.3 is 4.57 Å². The molecule has 2 aromatic heterocycles. The molecule has 0 amide bonds. The second-order valence-corrected chi connectivity index (χ2v) is 5.47. The molecule has 0 bridgehead atoms. The molecule has 0 saturated heterocycles. The molecular weight excluding hydrogens is 274 g/mol. The molecule has 0 aliphatic carbocycles. The van der Waals surface area contributed by atoms with Crippen LogP contribution < -0.4 is 0 Å². The van der Waals surface area contributed by atoms with E-state index in [-0.39, 0.29) is 0 Å². The first-order valence-electron chi connectivity index (χ1n) is 7.22. The van der Waals surface area contributed by atoms with Crippen LogP contribution in [0.25, 0.3) is 5.69 Å². The van der Waals surface area contributed by atoms with Crippen molar-refractivity contribution in [1.29, 1.82) is 0 Å². The Bertz CT molecular complexity index is 825. The summed E-state index contributed by atoms with van der Waals surface area (Å²) in [4.78, 5) is 0. The second-order valence-electron chi connectivity index (χ2n) is 5.47. The summed E-state index contributed by atoms with van der Waals surface area (Å²) in [6.45, 7) is 8.53. The Hall–Kier alpha value is -2.69. The molecule has 0 aliphatic rings. The molecule has 0 N–H and O–H groups in total. The standard InChI is InChI=1S/C17H19N5/c1-12-6-5-7-17(14(12)3)22-13(2)8-16(15(22)4)9-20-21-10-18-19-11-21/h5-11H,1-4H3/b20-9+. The van der Waals surface area contributed by atoms with Crippen molar-refractivity contribution in [3.8, 4) is 5.69 Å². The first-order valence-corrected chi connectivity index (χ1v) is 7.22. The monoisotopic (exact) mass is 293 g/mol. The van der Waals surface area contributed by atoms with Gasteiger partial charge in [-0.2, -0.15) is 5.10 Å². The van der Waals surface area contributed by atoms with Crippen molar-refractivity contribution in [2.45, 2.75) is 27.7 Å². The maximum atomic E-state index is 4.34. The molecule has 0 aliphatic heterocycles. The lowest BCUT2D eigenvalue weighted by Crippen LogP contribution is -2.03. The maximum Gasteiger partial charge on any atom is 0.141 e. The molecule has 0 unspecified atom stereocenters. The minimum atomic E-state index is 1.09. The Morgan fingerprint density at radius 2 is 1.77 bits per heavy atom. The first-order chi connectivity index (χ1) is 10.6. The fourth-order valence-corrected chi connectivity index (χ4v) is 2.65. The fraction of sp³-hybridized carbons (Fsp3) is 0.235. The highest BCUT2D eigenvalue weighted by Gasteiger charge is 2.11. The van der Waals surface area contributed by atoms with E-state index in [2.05, 4.69) is 71.8 Å². The van der Waals surface area contributed by atoms with Gasteiger partial charge in [-0.25, -0.2) is 4.68 Å². The predicted molar refractivity (Wildman–Crippen MR) is 87.7 cm³/mol. The van der Waals surface area contributed by atoms with Crippen molar-refractivity contribution in [1.82, 2.24) is 19.4 Å². The van der Waals surface area contributed by atoms with Gasteiger partial charge in [0.05, 0.1) is 6.21 Å². The van der Waals surface area contributed by atoms with Crippen LogP contribution in [0.3, 0.4) is 0 Å². The van der Waals surface area contributed by atoms with Crippen LogP contribution in [-0.4, -0.2) is 25.7 Å². The van der Waals surface area contributed by atoms with Crippen LogP contribution in [0.15, 0.2) is 42.0 Å². The van der Waals surface area contributed by atoms with Crippen molar-refractivity contribution in [2.75, 3.05) is 0 Å². The van der Waals surface area contributed by atoms with Gasteiger partial charge in [-0.3, -0.25) is 0 Å². The van der Waals surface area contributed by atoms with Crippen LogP contribution in [-0.2, 0) is 0 Å². The largest absolute Gasteiger partial charge is 0.318 e. The van der Waals surface area contributed by atoms with Crippen LogP contribution in [0, 0.1) is 27.7 Å². The van der Waals surface area contributed by atoms with E-state index in [0.29, 0.717) is 0 Å². The molecule has 5 heteroatoms. The Kier molecular flexibility index (Phi) is 3.63. The SMILES string of the molecule is Cc1cccc(-n2c(C)cc(/C=N/n3cnnc3)c2C)c1C. The first kappa shape index (κ1) is 14.3. The van der Waals surface area contributed by atoms with E-state index in [1.54, 1.807) is 17.3 Å². The molecule has 22 heavy (non-hydrogen) atoms. The van der Waals surface area contributed by atoms with Crippen LogP contribution in [0.2, 0.25) is 0 Å². The van der Waals surface area contributed by atoms with E-state index in [1.165, 1.54) is 28.2 Å². The molecule has 0 radical (unpaired) electrons. The molecule has 3 rings (SSSR count). The molecule has 0 fully saturated rings.